The quantitative estimate of drug-likeness (QED) is 0.729. The van der Waals surface area contributed by atoms with Crippen LogP contribution < -0.4 is 10.1 Å². The molecule has 0 fully saturated rings. The molecule has 1 aromatic heterocycles. The number of nitrogens with one attached hydrogen (secondary N) is 2. The molecule has 5 nitrogen and oxygen atoms in total. The molecule has 0 radical (unpaired) electrons. The van der Waals surface area contributed by atoms with Gasteiger partial charge in [0.1, 0.15) is 5.75 Å². The largest absolute Gasteiger partial charge is 0.435 e. The first-order valence-corrected chi connectivity index (χ1v) is 7.37. The first-order valence-electron chi connectivity index (χ1n) is 7.37. The highest BCUT2D eigenvalue weighted by atomic mass is 19.3. The van der Waals surface area contributed by atoms with Crippen LogP contribution in [0.5, 0.6) is 5.75 Å². The first kappa shape index (κ1) is 15.9. The van der Waals surface area contributed by atoms with Gasteiger partial charge in [-0.15, -0.1) is 0 Å². The SMILES string of the molecule is O=C(NCCc1ccc(OC(F)F)cc1)c1cccc2cn[nH]c12. The van der Waals surface area contributed by atoms with Crippen LogP contribution in [0.25, 0.3) is 10.9 Å². The predicted octanol–water partition coefficient (Wildman–Crippen LogP) is 3.14. The lowest BCUT2D eigenvalue weighted by molar-refractivity contribution is -0.0498. The fourth-order valence-corrected chi connectivity index (χ4v) is 2.41. The lowest BCUT2D eigenvalue weighted by Gasteiger charge is -2.08. The summed E-state index contributed by atoms with van der Waals surface area (Å²) < 4.78 is 28.5. The Labute approximate surface area is 136 Å². The number of ether oxygens (including phenoxy) is 1. The van der Waals surface area contributed by atoms with E-state index in [0.29, 0.717) is 24.0 Å². The van der Waals surface area contributed by atoms with E-state index in [4.69, 9.17) is 0 Å². The van der Waals surface area contributed by atoms with Gasteiger partial charge in [-0.25, -0.2) is 0 Å². The number of fused-ring (bicyclic) bond motifs is 1. The van der Waals surface area contributed by atoms with Crippen molar-refractivity contribution in [2.24, 2.45) is 0 Å². The van der Waals surface area contributed by atoms with E-state index in [1.807, 2.05) is 6.07 Å². The maximum atomic E-state index is 12.3. The lowest BCUT2D eigenvalue weighted by Crippen LogP contribution is -2.25. The normalized spacial score (nSPS) is 11.0. The fourth-order valence-electron chi connectivity index (χ4n) is 2.41. The summed E-state index contributed by atoms with van der Waals surface area (Å²) in [6.07, 6.45) is 2.24. The number of aromatic nitrogens is 2. The van der Waals surface area contributed by atoms with Crippen molar-refractivity contribution in [2.75, 3.05) is 6.54 Å². The van der Waals surface area contributed by atoms with Gasteiger partial charge in [0.25, 0.3) is 5.91 Å². The summed E-state index contributed by atoms with van der Waals surface area (Å²) in [5.41, 5.74) is 2.14. The Morgan fingerprint density at radius 1 is 1.21 bits per heavy atom. The highest BCUT2D eigenvalue weighted by Crippen LogP contribution is 2.16. The molecule has 0 aliphatic carbocycles. The molecule has 1 heterocycles. The molecule has 0 unspecified atom stereocenters. The molecule has 2 aromatic carbocycles. The third-order valence-electron chi connectivity index (χ3n) is 3.57. The van der Waals surface area contributed by atoms with Crippen LogP contribution in [0.3, 0.4) is 0 Å². The van der Waals surface area contributed by atoms with Gasteiger partial charge in [-0.1, -0.05) is 24.3 Å². The van der Waals surface area contributed by atoms with Crippen molar-refractivity contribution in [3.8, 4) is 5.75 Å². The number of rotatable bonds is 6. The molecule has 0 atom stereocenters. The highest BCUT2D eigenvalue weighted by Gasteiger charge is 2.10. The van der Waals surface area contributed by atoms with Crippen LogP contribution in [0.1, 0.15) is 15.9 Å². The number of alkyl halides is 2. The zero-order valence-corrected chi connectivity index (χ0v) is 12.6. The van der Waals surface area contributed by atoms with Gasteiger partial charge in [0.05, 0.1) is 17.3 Å². The van der Waals surface area contributed by atoms with Crippen molar-refractivity contribution < 1.29 is 18.3 Å². The number of hydrogen-bond donors (Lipinski definition) is 2. The van der Waals surface area contributed by atoms with Crippen LogP contribution in [0.15, 0.2) is 48.7 Å². The zero-order valence-electron chi connectivity index (χ0n) is 12.6. The number of hydrogen-bond acceptors (Lipinski definition) is 3. The summed E-state index contributed by atoms with van der Waals surface area (Å²) >= 11 is 0. The summed E-state index contributed by atoms with van der Waals surface area (Å²) in [7, 11) is 0. The molecule has 0 aliphatic heterocycles. The summed E-state index contributed by atoms with van der Waals surface area (Å²) in [5.74, 6) is -0.0776. The monoisotopic (exact) mass is 331 g/mol. The van der Waals surface area contributed by atoms with Crippen molar-refractivity contribution in [1.29, 1.82) is 0 Å². The Morgan fingerprint density at radius 2 is 2.00 bits per heavy atom. The molecule has 24 heavy (non-hydrogen) atoms. The molecule has 0 spiro atoms. The van der Waals surface area contributed by atoms with Gasteiger partial charge in [-0.05, 0) is 30.2 Å². The van der Waals surface area contributed by atoms with Crippen LogP contribution in [-0.2, 0) is 6.42 Å². The smallest absolute Gasteiger partial charge is 0.387 e. The summed E-state index contributed by atoms with van der Waals surface area (Å²) in [4.78, 5) is 12.3. The molecule has 0 aliphatic rings. The molecule has 0 saturated heterocycles. The minimum atomic E-state index is -2.83. The molecular formula is C17H15F2N3O2. The first-order chi connectivity index (χ1) is 11.6. The van der Waals surface area contributed by atoms with Gasteiger partial charge in [-0.2, -0.15) is 13.9 Å². The Hall–Kier alpha value is -2.96. The number of aromatic amines is 1. The molecule has 1 amide bonds. The van der Waals surface area contributed by atoms with Crippen molar-refractivity contribution in [1.82, 2.24) is 15.5 Å². The Bertz CT molecular complexity index is 831. The maximum absolute atomic E-state index is 12.3. The van der Waals surface area contributed by atoms with Crippen molar-refractivity contribution >= 4 is 16.8 Å². The molecule has 0 bridgehead atoms. The molecular weight excluding hydrogens is 316 g/mol. The van der Waals surface area contributed by atoms with Crippen LogP contribution >= 0.6 is 0 Å². The Balaban J connectivity index is 1.56. The zero-order chi connectivity index (χ0) is 16.9. The maximum Gasteiger partial charge on any atom is 0.387 e. The number of nitrogens with zero attached hydrogens (tertiary/aromatic N) is 1. The van der Waals surface area contributed by atoms with E-state index in [1.54, 1.807) is 30.5 Å². The number of carbonyl (C=O) groups excluding carboxylic acids is 1. The third kappa shape index (κ3) is 3.68. The highest BCUT2D eigenvalue weighted by molar-refractivity contribution is 6.05. The van der Waals surface area contributed by atoms with Crippen molar-refractivity contribution in [3.63, 3.8) is 0 Å². The predicted molar refractivity (Wildman–Crippen MR) is 85.2 cm³/mol. The summed E-state index contributed by atoms with van der Waals surface area (Å²) in [6.45, 7) is -2.40. The van der Waals surface area contributed by atoms with Crippen LogP contribution in [0.2, 0.25) is 0 Å². The van der Waals surface area contributed by atoms with Gasteiger partial charge in [0.15, 0.2) is 0 Å². The van der Waals surface area contributed by atoms with Gasteiger partial charge < -0.3 is 10.1 Å². The number of H-pyrrole nitrogens is 1. The van der Waals surface area contributed by atoms with E-state index in [-0.39, 0.29) is 11.7 Å². The van der Waals surface area contributed by atoms with Crippen molar-refractivity contribution in [2.45, 2.75) is 13.0 Å². The Kier molecular flexibility index (Phi) is 4.69. The molecule has 0 saturated carbocycles. The minimum Gasteiger partial charge on any atom is -0.435 e. The topological polar surface area (TPSA) is 67.0 Å². The summed E-state index contributed by atoms with van der Waals surface area (Å²) in [5, 5.41) is 10.5. The van der Waals surface area contributed by atoms with Gasteiger partial charge >= 0.3 is 6.61 Å². The number of benzene rings is 2. The third-order valence-corrected chi connectivity index (χ3v) is 3.57. The van der Waals surface area contributed by atoms with Gasteiger partial charge in [0, 0.05) is 11.9 Å². The number of halogens is 2. The second-order valence-electron chi connectivity index (χ2n) is 5.17. The average molecular weight is 331 g/mol. The molecule has 7 heteroatoms. The van der Waals surface area contributed by atoms with Gasteiger partial charge in [-0.3, -0.25) is 9.89 Å². The van der Waals surface area contributed by atoms with E-state index < -0.39 is 6.61 Å². The molecule has 3 aromatic rings. The standard InChI is InChI=1S/C17H15F2N3O2/c18-17(19)24-13-6-4-11(5-7-13)8-9-20-16(23)14-3-1-2-12-10-21-22-15(12)14/h1-7,10,17H,8-9H2,(H,20,23)(H,21,22). The lowest BCUT2D eigenvalue weighted by atomic mass is 10.1. The van der Waals surface area contributed by atoms with Gasteiger partial charge in [0.2, 0.25) is 0 Å². The fraction of sp³-hybridized carbons (Fsp3) is 0.176. The number of para-hydroxylation sites is 1. The second kappa shape index (κ2) is 7.08. The van der Waals surface area contributed by atoms with E-state index in [1.165, 1.54) is 12.1 Å². The molecule has 3 rings (SSSR count). The molecule has 124 valence electrons. The average Bonchev–Trinajstić information content (AvgIpc) is 3.04. The van der Waals surface area contributed by atoms with Crippen molar-refractivity contribution in [3.05, 3.63) is 59.8 Å². The molecule has 2 N–H and O–H groups in total. The van der Waals surface area contributed by atoms with Crippen LogP contribution in [0, 0.1) is 0 Å². The van der Waals surface area contributed by atoms with Crippen LogP contribution in [-0.4, -0.2) is 29.3 Å². The number of carbonyl (C=O) groups is 1. The van der Waals surface area contributed by atoms with E-state index in [0.717, 1.165) is 10.9 Å². The van der Waals surface area contributed by atoms with E-state index in [9.17, 15) is 13.6 Å². The van der Waals surface area contributed by atoms with E-state index >= 15 is 0 Å². The van der Waals surface area contributed by atoms with E-state index in [2.05, 4.69) is 20.3 Å². The minimum absolute atomic E-state index is 0.115. The second-order valence-corrected chi connectivity index (χ2v) is 5.17. The number of amides is 1. The summed E-state index contributed by atoms with van der Waals surface area (Å²) in [6, 6.07) is 11.8. The van der Waals surface area contributed by atoms with Crippen LogP contribution in [0.4, 0.5) is 8.78 Å². The Morgan fingerprint density at radius 3 is 2.75 bits per heavy atom.